The summed E-state index contributed by atoms with van der Waals surface area (Å²) in [4.78, 5) is 36.6. The smallest absolute Gasteiger partial charge is 0.328 e. The van der Waals surface area contributed by atoms with Gasteiger partial charge in [-0.2, -0.15) is 11.8 Å². The molecule has 0 unspecified atom stereocenters. The second-order valence-corrected chi connectivity index (χ2v) is 15.2. The van der Waals surface area contributed by atoms with Crippen molar-refractivity contribution in [1.29, 1.82) is 0 Å². The molecule has 2 aromatic rings. The summed E-state index contributed by atoms with van der Waals surface area (Å²) in [5, 5.41) is 14.1. The van der Waals surface area contributed by atoms with Crippen LogP contribution in [-0.2, 0) is 9.53 Å². The minimum Gasteiger partial charge on any atom is -0.464 e. The van der Waals surface area contributed by atoms with Gasteiger partial charge in [0.1, 0.15) is 6.04 Å². The van der Waals surface area contributed by atoms with Gasteiger partial charge >= 0.3 is 5.97 Å². The molecule has 0 heterocycles. The van der Waals surface area contributed by atoms with Crippen LogP contribution in [0.15, 0.2) is 48.5 Å². The number of non-ortho nitro benzene ring substituents is 1. The number of nitro benzene ring substituents is 1. The van der Waals surface area contributed by atoms with E-state index < -0.39 is 30.9 Å². The fourth-order valence-electron chi connectivity index (χ4n) is 2.98. The lowest BCUT2D eigenvalue weighted by Crippen LogP contribution is -2.42. The minimum atomic E-state index is -1.35. The zero-order valence-corrected chi connectivity index (χ0v) is 20.7. The minimum absolute atomic E-state index is 0.106. The lowest BCUT2D eigenvalue weighted by atomic mass is 9.98. The topological polar surface area (TPSA) is 98.5 Å². The van der Waals surface area contributed by atoms with Crippen LogP contribution in [0.25, 0.3) is 11.1 Å². The molecule has 32 heavy (non-hydrogen) atoms. The number of nitro groups is 1. The number of benzene rings is 2. The summed E-state index contributed by atoms with van der Waals surface area (Å²) in [6.45, 7) is 6.95. The van der Waals surface area contributed by atoms with Gasteiger partial charge in [0, 0.05) is 31.3 Å². The lowest BCUT2D eigenvalue weighted by molar-refractivity contribution is -0.384. The molecule has 1 amide bonds. The van der Waals surface area contributed by atoms with Crippen LogP contribution in [0.5, 0.6) is 0 Å². The van der Waals surface area contributed by atoms with Crippen LogP contribution < -0.4 is 5.32 Å². The van der Waals surface area contributed by atoms with Gasteiger partial charge in [0.15, 0.2) is 0 Å². The van der Waals surface area contributed by atoms with Gasteiger partial charge in [-0.25, -0.2) is 4.79 Å². The number of nitrogens with one attached hydrogen (secondary N) is 1. The molecule has 2 rings (SSSR count). The van der Waals surface area contributed by atoms with Crippen molar-refractivity contribution in [3.63, 3.8) is 0 Å². The molecule has 0 saturated carbocycles. The first kappa shape index (κ1) is 25.6. The highest BCUT2D eigenvalue weighted by atomic mass is 32.2. The SMILES string of the molecule is CSCC[C@H](NC(=O)c1ccc([N+](=O)[O-])cc1-c1ccccc1)C(=O)OCC[Si](C)(C)C. The Morgan fingerprint density at radius 2 is 1.84 bits per heavy atom. The summed E-state index contributed by atoms with van der Waals surface area (Å²) in [5.41, 5.74) is 1.28. The van der Waals surface area contributed by atoms with Crippen LogP contribution in [0.3, 0.4) is 0 Å². The molecule has 0 fully saturated rings. The Morgan fingerprint density at radius 3 is 2.44 bits per heavy atom. The molecule has 0 saturated heterocycles. The van der Waals surface area contributed by atoms with Crippen molar-refractivity contribution in [3.05, 3.63) is 64.2 Å². The third-order valence-corrected chi connectivity index (χ3v) is 7.19. The Morgan fingerprint density at radius 1 is 1.16 bits per heavy atom. The number of carbonyl (C=O) groups excluding carboxylic acids is 2. The summed E-state index contributed by atoms with van der Waals surface area (Å²) in [7, 11) is -1.35. The first-order valence-electron chi connectivity index (χ1n) is 10.4. The third kappa shape index (κ3) is 7.80. The highest BCUT2D eigenvalue weighted by molar-refractivity contribution is 7.98. The van der Waals surface area contributed by atoms with Gasteiger partial charge in [-0.15, -0.1) is 0 Å². The number of ether oxygens (including phenoxy) is 1. The summed E-state index contributed by atoms with van der Waals surface area (Å²) < 4.78 is 5.46. The molecule has 9 heteroatoms. The number of amides is 1. The van der Waals surface area contributed by atoms with E-state index in [9.17, 15) is 19.7 Å². The molecule has 0 aliphatic heterocycles. The molecule has 0 bridgehead atoms. The molecule has 0 aliphatic rings. The van der Waals surface area contributed by atoms with Crippen molar-refractivity contribution in [2.75, 3.05) is 18.6 Å². The van der Waals surface area contributed by atoms with Crippen LogP contribution in [0.4, 0.5) is 5.69 Å². The normalized spacial score (nSPS) is 12.1. The van der Waals surface area contributed by atoms with Crippen LogP contribution in [-0.4, -0.2) is 49.5 Å². The van der Waals surface area contributed by atoms with Crippen LogP contribution in [0.1, 0.15) is 16.8 Å². The first-order chi connectivity index (χ1) is 15.1. The van der Waals surface area contributed by atoms with Gasteiger partial charge in [-0.1, -0.05) is 50.0 Å². The van der Waals surface area contributed by atoms with E-state index in [-0.39, 0.29) is 11.3 Å². The van der Waals surface area contributed by atoms with Crippen molar-refractivity contribution in [1.82, 2.24) is 5.32 Å². The van der Waals surface area contributed by atoms with Gasteiger partial charge < -0.3 is 10.1 Å². The molecule has 0 aromatic heterocycles. The van der Waals surface area contributed by atoms with E-state index in [2.05, 4.69) is 25.0 Å². The van der Waals surface area contributed by atoms with Crippen molar-refractivity contribution in [2.24, 2.45) is 0 Å². The summed E-state index contributed by atoms with van der Waals surface area (Å²) >= 11 is 1.58. The molecule has 7 nitrogen and oxygen atoms in total. The zero-order valence-electron chi connectivity index (χ0n) is 18.9. The Balaban J connectivity index is 2.26. The molecule has 0 radical (unpaired) electrons. The van der Waals surface area contributed by atoms with Gasteiger partial charge in [-0.3, -0.25) is 14.9 Å². The van der Waals surface area contributed by atoms with E-state index in [1.807, 2.05) is 12.3 Å². The van der Waals surface area contributed by atoms with E-state index in [0.717, 1.165) is 6.04 Å². The molecule has 172 valence electrons. The van der Waals surface area contributed by atoms with Crippen LogP contribution >= 0.6 is 11.8 Å². The molecule has 1 atom stereocenters. The standard InChI is InChI=1S/C23H30N2O5SSi/c1-31-14-12-21(23(27)30-13-15-32(2,3)4)24-22(26)19-11-10-18(25(28)29)16-20(19)17-8-6-5-7-9-17/h5-11,16,21H,12-15H2,1-4H3,(H,24,26)/t21-/m0/s1. The maximum Gasteiger partial charge on any atom is 0.328 e. The van der Waals surface area contributed by atoms with E-state index >= 15 is 0 Å². The molecule has 1 N–H and O–H groups in total. The number of rotatable bonds is 11. The quantitative estimate of drug-likeness (QED) is 0.213. The predicted octanol–water partition coefficient (Wildman–Crippen LogP) is 4.99. The molecule has 0 aliphatic carbocycles. The van der Waals surface area contributed by atoms with Crippen molar-refractivity contribution >= 4 is 37.4 Å². The van der Waals surface area contributed by atoms with E-state index in [4.69, 9.17) is 4.74 Å². The Kier molecular flexibility index (Phi) is 9.46. The maximum absolute atomic E-state index is 13.1. The van der Waals surface area contributed by atoms with Crippen molar-refractivity contribution < 1.29 is 19.2 Å². The molecule has 0 spiro atoms. The monoisotopic (exact) mass is 474 g/mol. The van der Waals surface area contributed by atoms with E-state index in [0.29, 0.717) is 29.9 Å². The zero-order chi connectivity index (χ0) is 23.7. The second-order valence-electron chi connectivity index (χ2n) is 8.64. The van der Waals surface area contributed by atoms with Crippen LogP contribution in [0, 0.1) is 10.1 Å². The summed E-state index contributed by atoms with van der Waals surface area (Å²) in [6.07, 6.45) is 2.37. The van der Waals surface area contributed by atoms with Gasteiger partial charge in [-0.05, 0) is 36.1 Å². The molecule has 2 aromatic carbocycles. The second kappa shape index (κ2) is 11.8. The largest absolute Gasteiger partial charge is 0.464 e. The lowest BCUT2D eigenvalue weighted by Gasteiger charge is -2.20. The number of nitrogens with zero attached hydrogens (tertiary/aromatic N) is 1. The van der Waals surface area contributed by atoms with E-state index in [1.165, 1.54) is 18.2 Å². The molecular weight excluding hydrogens is 444 g/mol. The van der Waals surface area contributed by atoms with Gasteiger partial charge in [0.05, 0.1) is 11.5 Å². The third-order valence-electron chi connectivity index (χ3n) is 4.84. The van der Waals surface area contributed by atoms with E-state index in [1.54, 1.807) is 36.0 Å². The Hall–Kier alpha value is -2.65. The predicted molar refractivity (Wildman–Crippen MR) is 132 cm³/mol. The number of carbonyl (C=O) groups is 2. The Bertz CT molecular complexity index is 947. The highest BCUT2D eigenvalue weighted by Gasteiger charge is 2.25. The Labute approximate surface area is 194 Å². The molecular formula is C23H30N2O5SSi. The van der Waals surface area contributed by atoms with Crippen molar-refractivity contribution in [3.8, 4) is 11.1 Å². The van der Waals surface area contributed by atoms with Crippen molar-refractivity contribution in [2.45, 2.75) is 38.1 Å². The summed E-state index contributed by atoms with van der Waals surface area (Å²) in [5.74, 6) is -0.235. The van der Waals surface area contributed by atoms with Crippen LogP contribution in [0.2, 0.25) is 25.7 Å². The number of hydrogen-bond acceptors (Lipinski definition) is 6. The average molecular weight is 475 g/mol. The highest BCUT2D eigenvalue weighted by Crippen LogP contribution is 2.28. The number of thioether (sulfide) groups is 1. The first-order valence-corrected chi connectivity index (χ1v) is 15.5. The van der Waals surface area contributed by atoms with Gasteiger partial charge in [0.25, 0.3) is 11.6 Å². The summed E-state index contributed by atoms with van der Waals surface area (Å²) in [6, 6.07) is 13.2. The number of esters is 1. The average Bonchev–Trinajstić information content (AvgIpc) is 2.75. The van der Waals surface area contributed by atoms with Gasteiger partial charge in [0.2, 0.25) is 0 Å². The fraction of sp³-hybridized carbons (Fsp3) is 0.391. The fourth-order valence-corrected chi connectivity index (χ4v) is 4.17. The number of hydrogen-bond donors (Lipinski definition) is 1. The maximum atomic E-state index is 13.1.